The zero-order chi connectivity index (χ0) is 21.1. The second-order valence-electron chi connectivity index (χ2n) is 7.71. The van der Waals surface area contributed by atoms with Crippen molar-refractivity contribution in [3.63, 3.8) is 0 Å². The molecule has 5 N–H and O–H groups in total. The third-order valence-corrected chi connectivity index (χ3v) is 5.82. The van der Waals surface area contributed by atoms with E-state index in [-0.39, 0.29) is 13.2 Å². The maximum atomic E-state index is 10.8. The number of fused-ring (bicyclic) bond motifs is 2. The van der Waals surface area contributed by atoms with Crippen LogP contribution in [0.25, 0.3) is 10.9 Å². The molecule has 1 atom stereocenters. The molecule has 3 aromatic rings. The van der Waals surface area contributed by atoms with Crippen molar-refractivity contribution < 1.29 is 15.3 Å². The summed E-state index contributed by atoms with van der Waals surface area (Å²) in [5.74, 6) is 0.326. The van der Waals surface area contributed by atoms with Gasteiger partial charge in [-0.2, -0.15) is 0 Å². The van der Waals surface area contributed by atoms with Gasteiger partial charge in [-0.15, -0.1) is 0 Å². The van der Waals surface area contributed by atoms with Crippen LogP contribution in [0.3, 0.4) is 0 Å². The summed E-state index contributed by atoms with van der Waals surface area (Å²) < 4.78 is 0. The number of pyridine rings is 1. The van der Waals surface area contributed by atoms with Crippen molar-refractivity contribution in [2.24, 2.45) is 0 Å². The third kappa shape index (κ3) is 4.37. The van der Waals surface area contributed by atoms with Gasteiger partial charge in [-0.3, -0.25) is 4.98 Å². The molecule has 7 heteroatoms. The number of benzene rings is 2. The average molecular weight is 428 g/mol. The van der Waals surface area contributed by atoms with Crippen LogP contribution in [-0.2, 0) is 19.4 Å². The summed E-state index contributed by atoms with van der Waals surface area (Å²) in [6.07, 6.45) is 4.84. The summed E-state index contributed by atoms with van der Waals surface area (Å²) in [5, 5.41) is 37.7. The molecule has 2 aromatic carbocycles. The lowest BCUT2D eigenvalue weighted by Crippen LogP contribution is -2.29. The van der Waals surface area contributed by atoms with Crippen molar-refractivity contribution in [1.82, 2.24) is 10.3 Å². The van der Waals surface area contributed by atoms with Crippen LogP contribution in [0.15, 0.2) is 36.5 Å². The molecular weight excluding hydrogens is 402 g/mol. The van der Waals surface area contributed by atoms with Crippen molar-refractivity contribution >= 4 is 33.9 Å². The SMILES string of the molecule is OCC(O)CNCc1cc(Nc2ccnc3cc(Cl)ccc23)c2c(c1O)CCCC2. The normalized spacial score (nSPS) is 14.5. The maximum absolute atomic E-state index is 10.8. The lowest BCUT2D eigenvalue weighted by molar-refractivity contribution is 0.0942. The van der Waals surface area contributed by atoms with E-state index in [1.807, 2.05) is 30.3 Å². The molecule has 0 bridgehead atoms. The van der Waals surface area contributed by atoms with E-state index in [4.69, 9.17) is 16.7 Å². The van der Waals surface area contributed by atoms with Gasteiger partial charge in [0.05, 0.1) is 18.2 Å². The fourth-order valence-corrected chi connectivity index (χ4v) is 4.21. The Bertz CT molecular complexity index is 1060. The van der Waals surface area contributed by atoms with E-state index in [1.165, 1.54) is 0 Å². The fourth-order valence-electron chi connectivity index (χ4n) is 4.05. The molecule has 0 fully saturated rings. The summed E-state index contributed by atoms with van der Waals surface area (Å²) in [6.45, 7) is 0.359. The van der Waals surface area contributed by atoms with Crippen molar-refractivity contribution in [3.8, 4) is 5.75 Å². The van der Waals surface area contributed by atoms with Gasteiger partial charge in [0.25, 0.3) is 0 Å². The minimum absolute atomic E-state index is 0.255. The maximum Gasteiger partial charge on any atom is 0.123 e. The Hall–Kier alpha value is -2.38. The zero-order valence-electron chi connectivity index (χ0n) is 16.7. The van der Waals surface area contributed by atoms with Crippen LogP contribution < -0.4 is 10.6 Å². The molecule has 1 unspecified atom stereocenters. The molecule has 0 aliphatic heterocycles. The van der Waals surface area contributed by atoms with Gasteiger partial charge in [-0.05, 0) is 67.1 Å². The summed E-state index contributed by atoms with van der Waals surface area (Å²) >= 11 is 6.12. The van der Waals surface area contributed by atoms with E-state index in [0.717, 1.165) is 64.7 Å². The van der Waals surface area contributed by atoms with Crippen molar-refractivity contribution in [2.75, 3.05) is 18.5 Å². The lowest BCUT2D eigenvalue weighted by Gasteiger charge is -2.24. The first-order chi connectivity index (χ1) is 14.6. The molecule has 0 spiro atoms. The number of hydrogen-bond acceptors (Lipinski definition) is 6. The summed E-state index contributed by atoms with van der Waals surface area (Å²) in [4.78, 5) is 4.41. The monoisotopic (exact) mass is 427 g/mol. The second kappa shape index (κ2) is 9.18. The Morgan fingerprint density at radius 3 is 2.67 bits per heavy atom. The van der Waals surface area contributed by atoms with Crippen molar-refractivity contribution in [2.45, 2.75) is 38.3 Å². The van der Waals surface area contributed by atoms with E-state index in [1.54, 1.807) is 6.20 Å². The van der Waals surface area contributed by atoms with Gasteiger partial charge in [0.2, 0.25) is 0 Å². The first-order valence-corrected chi connectivity index (χ1v) is 10.6. The van der Waals surface area contributed by atoms with Crippen LogP contribution in [0.5, 0.6) is 5.75 Å². The highest BCUT2D eigenvalue weighted by Gasteiger charge is 2.21. The number of aliphatic hydroxyl groups excluding tert-OH is 2. The fraction of sp³-hybridized carbons (Fsp3) is 0.348. The highest BCUT2D eigenvalue weighted by molar-refractivity contribution is 6.31. The quantitative estimate of drug-likeness (QED) is 0.369. The Morgan fingerprint density at radius 1 is 1.07 bits per heavy atom. The molecule has 4 rings (SSSR count). The van der Waals surface area contributed by atoms with E-state index < -0.39 is 6.10 Å². The second-order valence-corrected chi connectivity index (χ2v) is 8.14. The molecule has 158 valence electrons. The average Bonchev–Trinajstić information content (AvgIpc) is 2.76. The molecule has 1 aliphatic carbocycles. The number of phenols is 1. The first-order valence-electron chi connectivity index (χ1n) is 10.2. The Morgan fingerprint density at radius 2 is 1.87 bits per heavy atom. The molecule has 0 radical (unpaired) electrons. The lowest BCUT2D eigenvalue weighted by atomic mass is 9.87. The molecule has 1 heterocycles. The summed E-state index contributed by atoms with van der Waals surface area (Å²) in [6, 6.07) is 9.56. The van der Waals surface area contributed by atoms with Gasteiger partial charge in [0, 0.05) is 46.6 Å². The van der Waals surface area contributed by atoms with Gasteiger partial charge in [-0.1, -0.05) is 11.6 Å². The Labute approximate surface area is 180 Å². The smallest absolute Gasteiger partial charge is 0.123 e. The predicted octanol–water partition coefficient (Wildman–Crippen LogP) is 3.66. The van der Waals surface area contributed by atoms with Crippen LogP contribution in [0.1, 0.15) is 29.5 Å². The Kier molecular flexibility index (Phi) is 6.39. The van der Waals surface area contributed by atoms with E-state index in [0.29, 0.717) is 17.3 Å². The predicted molar refractivity (Wildman–Crippen MR) is 120 cm³/mol. The highest BCUT2D eigenvalue weighted by atomic mass is 35.5. The van der Waals surface area contributed by atoms with E-state index >= 15 is 0 Å². The number of anilines is 2. The van der Waals surface area contributed by atoms with Crippen LogP contribution in [-0.4, -0.2) is 39.6 Å². The van der Waals surface area contributed by atoms with Crippen molar-refractivity contribution in [1.29, 1.82) is 0 Å². The van der Waals surface area contributed by atoms with Crippen LogP contribution in [0.2, 0.25) is 5.02 Å². The molecule has 0 saturated heterocycles. The number of phenolic OH excluding ortho intramolecular Hbond substituents is 1. The molecule has 1 aliphatic rings. The third-order valence-electron chi connectivity index (χ3n) is 5.58. The summed E-state index contributed by atoms with van der Waals surface area (Å²) in [5.41, 5.74) is 5.64. The van der Waals surface area contributed by atoms with Gasteiger partial charge < -0.3 is 26.0 Å². The minimum Gasteiger partial charge on any atom is -0.507 e. The highest BCUT2D eigenvalue weighted by Crippen LogP contribution is 2.39. The molecule has 6 nitrogen and oxygen atoms in total. The first kappa shape index (κ1) is 20.9. The molecule has 0 saturated carbocycles. The Balaban J connectivity index is 1.69. The van der Waals surface area contributed by atoms with Crippen molar-refractivity contribution in [3.05, 3.63) is 58.2 Å². The molecule has 30 heavy (non-hydrogen) atoms. The number of halogens is 1. The van der Waals surface area contributed by atoms with E-state index in [9.17, 15) is 10.2 Å². The van der Waals surface area contributed by atoms with Crippen LogP contribution in [0.4, 0.5) is 11.4 Å². The van der Waals surface area contributed by atoms with Crippen LogP contribution in [0, 0.1) is 0 Å². The number of hydrogen-bond donors (Lipinski definition) is 5. The molecular formula is C23H26ClN3O3. The topological polar surface area (TPSA) is 97.6 Å². The van der Waals surface area contributed by atoms with Crippen LogP contribution >= 0.6 is 11.6 Å². The minimum atomic E-state index is -0.822. The molecule has 0 amide bonds. The van der Waals surface area contributed by atoms with Gasteiger partial charge >= 0.3 is 0 Å². The van der Waals surface area contributed by atoms with E-state index in [2.05, 4.69) is 15.6 Å². The largest absolute Gasteiger partial charge is 0.507 e. The molecule has 1 aromatic heterocycles. The summed E-state index contributed by atoms with van der Waals surface area (Å²) in [7, 11) is 0. The number of aliphatic hydroxyl groups is 2. The van der Waals surface area contributed by atoms with Gasteiger partial charge in [-0.25, -0.2) is 0 Å². The number of aromatic nitrogens is 1. The number of rotatable bonds is 7. The van der Waals surface area contributed by atoms with Gasteiger partial charge in [0.15, 0.2) is 0 Å². The van der Waals surface area contributed by atoms with Gasteiger partial charge in [0.1, 0.15) is 5.75 Å². The number of nitrogens with one attached hydrogen (secondary N) is 2. The standard InChI is InChI=1S/C23H26ClN3O3/c24-15-5-6-19-20(7-8-26-21(19)10-15)27-22-9-14(11-25-12-16(29)13-28)23(30)18-4-2-1-3-17(18)22/h5-10,16,25,28-30H,1-4,11-13H2,(H,26,27). The number of nitrogens with zero attached hydrogens (tertiary/aromatic N) is 1. The zero-order valence-corrected chi connectivity index (χ0v) is 17.4. The number of aromatic hydroxyl groups is 1.